The van der Waals surface area contributed by atoms with E-state index in [1.165, 1.54) is 29.8 Å². The molecule has 1 aliphatic carbocycles. The van der Waals surface area contributed by atoms with E-state index >= 15 is 0 Å². The Bertz CT molecular complexity index is 494. The van der Waals surface area contributed by atoms with Gasteiger partial charge in [-0.15, -0.1) is 0 Å². The molecule has 0 saturated heterocycles. The fourth-order valence-electron chi connectivity index (χ4n) is 3.15. The number of hydrogen-bond acceptors (Lipinski definition) is 4. The van der Waals surface area contributed by atoms with Crippen molar-refractivity contribution in [2.45, 2.75) is 51.4 Å². The summed E-state index contributed by atoms with van der Waals surface area (Å²) in [5, 5.41) is 7.78. The molecular weight excluding hydrogens is 266 g/mol. The maximum absolute atomic E-state index is 11.4. The molecule has 1 aromatic rings. The van der Waals surface area contributed by atoms with E-state index in [2.05, 4.69) is 15.1 Å². The van der Waals surface area contributed by atoms with Gasteiger partial charge in [-0.1, -0.05) is 0 Å². The molecule has 5 heteroatoms. The standard InChI is InChI=1S/C16H25N3O2/c1-2-21-15(20)4-3-9-19-10-7-13-14(8-11-19)17-18-16(13)12-5-6-12/h12H,2-11H2,1H3,(H,17,18). The number of esters is 1. The molecule has 0 aromatic carbocycles. The van der Waals surface area contributed by atoms with Crippen LogP contribution in [0.3, 0.4) is 0 Å². The summed E-state index contributed by atoms with van der Waals surface area (Å²) in [7, 11) is 0. The molecule has 2 aliphatic rings. The Hall–Kier alpha value is -1.36. The lowest BCUT2D eigenvalue weighted by atomic mass is 10.1. The molecule has 1 N–H and O–H groups in total. The van der Waals surface area contributed by atoms with E-state index in [0.29, 0.717) is 13.0 Å². The van der Waals surface area contributed by atoms with E-state index < -0.39 is 0 Å². The van der Waals surface area contributed by atoms with Gasteiger partial charge in [-0.25, -0.2) is 0 Å². The zero-order valence-electron chi connectivity index (χ0n) is 12.9. The third kappa shape index (κ3) is 3.64. The van der Waals surface area contributed by atoms with Gasteiger partial charge in [0, 0.05) is 37.5 Å². The second-order valence-electron chi connectivity index (χ2n) is 6.09. The lowest BCUT2D eigenvalue weighted by molar-refractivity contribution is -0.143. The molecule has 0 radical (unpaired) electrons. The van der Waals surface area contributed by atoms with E-state index in [4.69, 9.17) is 4.74 Å². The normalized spacial score (nSPS) is 19.1. The van der Waals surface area contributed by atoms with Gasteiger partial charge in [-0.2, -0.15) is 5.10 Å². The lowest BCUT2D eigenvalue weighted by Crippen LogP contribution is -2.28. The number of H-pyrrole nitrogens is 1. The number of aromatic amines is 1. The Kier molecular flexibility index (Phi) is 4.58. The molecule has 1 aromatic heterocycles. The highest BCUT2D eigenvalue weighted by atomic mass is 16.5. The quantitative estimate of drug-likeness (QED) is 0.815. The minimum absolute atomic E-state index is 0.0715. The van der Waals surface area contributed by atoms with Gasteiger partial charge < -0.3 is 9.64 Å². The van der Waals surface area contributed by atoms with Crippen molar-refractivity contribution in [3.05, 3.63) is 17.0 Å². The lowest BCUT2D eigenvalue weighted by Gasteiger charge is -2.19. The molecule has 1 saturated carbocycles. The Balaban J connectivity index is 1.47. The third-order valence-electron chi connectivity index (χ3n) is 4.47. The molecule has 0 atom stereocenters. The number of hydrogen-bond donors (Lipinski definition) is 1. The third-order valence-corrected chi connectivity index (χ3v) is 4.47. The van der Waals surface area contributed by atoms with Crippen molar-refractivity contribution in [2.75, 3.05) is 26.2 Å². The van der Waals surface area contributed by atoms with Crippen LogP contribution in [0.4, 0.5) is 0 Å². The fourth-order valence-corrected chi connectivity index (χ4v) is 3.15. The molecule has 5 nitrogen and oxygen atoms in total. The molecule has 0 amide bonds. The number of ether oxygens (including phenoxy) is 1. The molecular formula is C16H25N3O2. The van der Waals surface area contributed by atoms with Crippen LogP contribution in [-0.4, -0.2) is 47.3 Å². The van der Waals surface area contributed by atoms with Crippen molar-refractivity contribution < 1.29 is 9.53 Å². The molecule has 0 spiro atoms. The number of rotatable bonds is 6. The Morgan fingerprint density at radius 2 is 2.19 bits per heavy atom. The molecule has 3 rings (SSSR count). The first-order valence-corrected chi connectivity index (χ1v) is 8.22. The van der Waals surface area contributed by atoms with Gasteiger partial charge in [-0.05, 0) is 44.7 Å². The van der Waals surface area contributed by atoms with Crippen LogP contribution in [0.5, 0.6) is 0 Å². The van der Waals surface area contributed by atoms with E-state index in [1.807, 2.05) is 6.92 Å². The van der Waals surface area contributed by atoms with Gasteiger partial charge in [0.25, 0.3) is 0 Å². The molecule has 21 heavy (non-hydrogen) atoms. The summed E-state index contributed by atoms with van der Waals surface area (Å²) < 4.78 is 4.97. The van der Waals surface area contributed by atoms with Crippen LogP contribution < -0.4 is 0 Å². The van der Waals surface area contributed by atoms with E-state index in [1.54, 1.807) is 0 Å². The van der Waals surface area contributed by atoms with Crippen LogP contribution in [0.1, 0.15) is 55.5 Å². The maximum atomic E-state index is 11.4. The molecule has 2 heterocycles. The number of aromatic nitrogens is 2. The Morgan fingerprint density at radius 3 is 2.95 bits per heavy atom. The number of carbonyl (C=O) groups excluding carboxylic acids is 1. The minimum atomic E-state index is -0.0715. The highest BCUT2D eigenvalue weighted by Crippen LogP contribution is 2.41. The van der Waals surface area contributed by atoms with E-state index in [-0.39, 0.29) is 5.97 Å². The van der Waals surface area contributed by atoms with Gasteiger partial charge >= 0.3 is 5.97 Å². The average molecular weight is 291 g/mol. The summed E-state index contributed by atoms with van der Waals surface area (Å²) in [4.78, 5) is 13.8. The van der Waals surface area contributed by atoms with E-state index in [0.717, 1.165) is 44.8 Å². The second kappa shape index (κ2) is 6.60. The van der Waals surface area contributed by atoms with Crippen molar-refractivity contribution in [3.8, 4) is 0 Å². The van der Waals surface area contributed by atoms with E-state index in [9.17, 15) is 4.79 Å². The number of nitrogens with zero attached hydrogens (tertiary/aromatic N) is 2. The molecule has 0 bridgehead atoms. The SMILES string of the molecule is CCOC(=O)CCCN1CCc2[nH]nc(C3CC3)c2CC1. The second-order valence-corrected chi connectivity index (χ2v) is 6.09. The molecule has 116 valence electrons. The van der Waals surface area contributed by atoms with Crippen molar-refractivity contribution in [3.63, 3.8) is 0 Å². The highest BCUT2D eigenvalue weighted by molar-refractivity contribution is 5.69. The van der Waals surface area contributed by atoms with Gasteiger partial charge in [0.1, 0.15) is 0 Å². The molecule has 0 unspecified atom stereocenters. The number of carbonyl (C=O) groups is 1. The van der Waals surface area contributed by atoms with Crippen molar-refractivity contribution >= 4 is 5.97 Å². The average Bonchev–Trinajstić information content (AvgIpc) is 3.26. The van der Waals surface area contributed by atoms with Gasteiger partial charge in [0.2, 0.25) is 0 Å². The number of fused-ring (bicyclic) bond motifs is 1. The summed E-state index contributed by atoms with van der Waals surface area (Å²) in [6.45, 7) is 5.45. The zero-order chi connectivity index (χ0) is 14.7. The largest absolute Gasteiger partial charge is 0.466 e. The first kappa shape index (κ1) is 14.6. The van der Waals surface area contributed by atoms with Crippen LogP contribution in [0.2, 0.25) is 0 Å². The van der Waals surface area contributed by atoms with Crippen LogP contribution in [-0.2, 0) is 22.4 Å². The number of nitrogens with one attached hydrogen (secondary N) is 1. The topological polar surface area (TPSA) is 58.2 Å². The Morgan fingerprint density at radius 1 is 1.38 bits per heavy atom. The first-order chi connectivity index (χ1) is 10.3. The summed E-state index contributed by atoms with van der Waals surface area (Å²) in [5.74, 6) is 0.651. The minimum Gasteiger partial charge on any atom is -0.466 e. The summed E-state index contributed by atoms with van der Waals surface area (Å²) in [6.07, 6.45) is 6.18. The van der Waals surface area contributed by atoms with Gasteiger partial charge in [0.05, 0.1) is 12.3 Å². The molecule has 1 fully saturated rings. The van der Waals surface area contributed by atoms with Crippen LogP contribution >= 0.6 is 0 Å². The van der Waals surface area contributed by atoms with Crippen LogP contribution in [0.15, 0.2) is 0 Å². The Labute approximate surface area is 126 Å². The van der Waals surface area contributed by atoms with Crippen molar-refractivity contribution in [2.24, 2.45) is 0 Å². The summed E-state index contributed by atoms with van der Waals surface area (Å²) in [5.41, 5.74) is 4.15. The fraction of sp³-hybridized carbons (Fsp3) is 0.750. The van der Waals surface area contributed by atoms with Gasteiger partial charge in [0.15, 0.2) is 0 Å². The van der Waals surface area contributed by atoms with Crippen molar-refractivity contribution in [1.29, 1.82) is 0 Å². The van der Waals surface area contributed by atoms with Crippen LogP contribution in [0.25, 0.3) is 0 Å². The summed E-state index contributed by atoms with van der Waals surface area (Å²) >= 11 is 0. The molecule has 1 aliphatic heterocycles. The first-order valence-electron chi connectivity index (χ1n) is 8.22. The zero-order valence-corrected chi connectivity index (χ0v) is 12.9. The highest BCUT2D eigenvalue weighted by Gasteiger charge is 2.30. The predicted molar refractivity (Wildman–Crippen MR) is 80.3 cm³/mol. The van der Waals surface area contributed by atoms with Crippen molar-refractivity contribution in [1.82, 2.24) is 15.1 Å². The monoisotopic (exact) mass is 291 g/mol. The maximum Gasteiger partial charge on any atom is 0.305 e. The van der Waals surface area contributed by atoms with Gasteiger partial charge in [-0.3, -0.25) is 9.89 Å². The predicted octanol–water partition coefficient (Wildman–Crippen LogP) is 2.03. The van der Waals surface area contributed by atoms with Crippen LogP contribution in [0, 0.1) is 0 Å². The smallest absolute Gasteiger partial charge is 0.305 e. The summed E-state index contributed by atoms with van der Waals surface area (Å²) in [6, 6.07) is 0.